The second-order valence-corrected chi connectivity index (χ2v) is 8.42. The lowest BCUT2D eigenvalue weighted by molar-refractivity contribution is -0.137. The molecule has 0 saturated carbocycles. The molecule has 1 aliphatic heterocycles. The lowest BCUT2D eigenvalue weighted by atomic mass is 10.2. The molecule has 4 aromatic rings. The monoisotopic (exact) mass is 433 g/mol. The number of carbonyl (C=O) groups excluding carboxylic acids is 1. The average molecular weight is 433 g/mol. The van der Waals surface area contributed by atoms with E-state index in [1.807, 2.05) is 49.4 Å². The molecule has 9 heteroatoms. The summed E-state index contributed by atoms with van der Waals surface area (Å²) in [7, 11) is 0. The number of hydrogen-bond donors (Lipinski definition) is 1. The van der Waals surface area contributed by atoms with Crippen LogP contribution in [0.25, 0.3) is 22.1 Å². The van der Waals surface area contributed by atoms with Gasteiger partial charge in [0, 0.05) is 17.6 Å². The van der Waals surface area contributed by atoms with Gasteiger partial charge in [-0.25, -0.2) is 4.98 Å². The van der Waals surface area contributed by atoms with Gasteiger partial charge in [-0.15, -0.1) is 10.2 Å². The van der Waals surface area contributed by atoms with E-state index in [2.05, 4.69) is 15.2 Å². The quantitative estimate of drug-likeness (QED) is 0.483. The maximum atomic E-state index is 12.8. The first-order chi connectivity index (χ1) is 15.0. The van der Waals surface area contributed by atoms with Gasteiger partial charge in [-0.05, 0) is 37.1 Å². The lowest BCUT2D eigenvalue weighted by Crippen LogP contribution is -2.30. The number of fused-ring (bicyclic) bond motifs is 4. The van der Waals surface area contributed by atoms with Crippen molar-refractivity contribution in [1.29, 1.82) is 0 Å². The smallest absolute Gasteiger partial charge is 0.323 e. The van der Waals surface area contributed by atoms with Crippen molar-refractivity contribution in [3.8, 4) is 0 Å². The molecule has 0 spiro atoms. The molecule has 0 saturated heterocycles. The van der Waals surface area contributed by atoms with Crippen molar-refractivity contribution in [1.82, 2.24) is 19.7 Å². The number of anilines is 1. The molecule has 2 aromatic carbocycles. The molecule has 0 aliphatic carbocycles. The third-order valence-corrected chi connectivity index (χ3v) is 6.23. The SMILES string of the molecule is Cc1ccc2c(c1)c1nnc(SCC(=O)N3CCc4ccccc43)nc1n2CC(=O)O. The number of para-hydroxylation sites is 1. The van der Waals surface area contributed by atoms with Gasteiger partial charge in [0.2, 0.25) is 11.1 Å². The van der Waals surface area contributed by atoms with Gasteiger partial charge in [-0.1, -0.05) is 41.6 Å². The summed E-state index contributed by atoms with van der Waals surface area (Å²) in [6.45, 7) is 2.41. The molecule has 0 fully saturated rings. The van der Waals surface area contributed by atoms with Crippen molar-refractivity contribution in [2.24, 2.45) is 0 Å². The van der Waals surface area contributed by atoms with Crippen LogP contribution in [0.15, 0.2) is 47.6 Å². The third kappa shape index (κ3) is 3.50. The number of nitrogens with zero attached hydrogens (tertiary/aromatic N) is 5. The predicted molar refractivity (Wildman–Crippen MR) is 118 cm³/mol. The zero-order valence-electron chi connectivity index (χ0n) is 16.8. The summed E-state index contributed by atoms with van der Waals surface area (Å²) in [5.41, 5.74) is 4.94. The minimum atomic E-state index is -0.963. The Labute approximate surface area is 181 Å². The number of aromatic nitrogens is 4. The van der Waals surface area contributed by atoms with E-state index in [0.29, 0.717) is 22.9 Å². The minimum Gasteiger partial charge on any atom is -0.480 e. The molecule has 3 heterocycles. The largest absolute Gasteiger partial charge is 0.480 e. The summed E-state index contributed by atoms with van der Waals surface area (Å²) in [6, 6.07) is 13.7. The van der Waals surface area contributed by atoms with E-state index in [-0.39, 0.29) is 18.2 Å². The Morgan fingerprint density at radius 3 is 2.84 bits per heavy atom. The van der Waals surface area contributed by atoms with Crippen LogP contribution in [-0.2, 0) is 22.6 Å². The number of hydrogen-bond acceptors (Lipinski definition) is 6. The summed E-state index contributed by atoms with van der Waals surface area (Å²) in [5, 5.41) is 19.0. The Balaban J connectivity index is 1.44. The number of rotatable bonds is 5. The van der Waals surface area contributed by atoms with E-state index in [9.17, 15) is 14.7 Å². The number of benzene rings is 2. The number of amides is 1. The van der Waals surface area contributed by atoms with Crippen molar-refractivity contribution in [2.45, 2.75) is 25.0 Å². The van der Waals surface area contributed by atoms with Crippen molar-refractivity contribution in [3.63, 3.8) is 0 Å². The minimum absolute atomic E-state index is 0.0136. The van der Waals surface area contributed by atoms with Crippen molar-refractivity contribution in [2.75, 3.05) is 17.2 Å². The highest BCUT2D eigenvalue weighted by Gasteiger charge is 2.24. The van der Waals surface area contributed by atoms with Crippen LogP contribution in [0, 0.1) is 6.92 Å². The first-order valence-corrected chi connectivity index (χ1v) is 10.9. The van der Waals surface area contributed by atoms with Crippen LogP contribution in [0.2, 0.25) is 0 Å². The van der Waals surface area contributed by atoms with Gasteiger partial charge in [-0.2, -0.15) is 0 Å². The molecule has 156 valence electrons. The Bertz CT molecular complexity index is 1350. The molecule has 0 unspecified atom stereocenters. The van der Waals surface area contributed by atoms with Crippen molar-refractivity contribution < 1.29 is 14.7 Å². The van der Waals surface area contributed by atoms with Crippen LogP contribution in [0.3, 0.4) is 0 Å². The van der Waals surface area contributed by atoms with Gasteiger partial charge in [0.25, 0.3) is 0 Å². The standard InChI is InChI=1S/C22H19N5O3S/c1-13-6-7-17-15(10-13)20-21(27(17)11-19(29)30)23-22(25-24-20)31-12-18(28)26-9-8-14-4-2-3-5-16(14)26/h2-7,10H,8-9,11-12H2,1H3,(H,29,30). The Hall–Kier alpha value is -3.46. The van der Waals surface area contributed by atoms with Crippen LogP contribution >= 0.6 is 11.8 Å². The summed E-state index contributed by atoms with van der Waals surface area (Å²) < 4.78 is 1.63. The van der Waals surface area contributed by atoms with Gasteiger partial charge < -0.3 is 14.6 Å². The van der Waals surface area contributed by atoms with Crippen LogP contribution in [0.5, 0.6) is 0 Å². The first kappa shape index (κ1) is 19.5. The summed E-state index contributed by atoms with van der Waals surface area (Å²) >= 11 is 1.21. The first-order valence-electron chi connectivity index (χ1n) is 9.87. The van der Waals surface area contributed by atoms with Crippen LogP contribution in [-0.4, -0.2) is 49.0 Å². The molecule has 0 radical (unpaired) electrons. The average Bonchev–Trinajstić information content (AvgIpc) is 3.31. The van der Waals surface area contributed by atoms with Gasteiger partial charge in [0.05, 0.1) is 11.3 Å². The maximum Gasteiger partial charge on any atom is 0.323 e. The fourth-order valence-corrected chi connectivity index (χ4v) is 4.67. The normalized spacial score (nSPS) is 13.1. The van der Waals surface area contributed by atoms with Gasteiger partial charge in [0.1, 0.15) is 12.1 Å². The molecule has 0 atom stereocenters. The van der Waals surface area contributed by atoms with Gasteiger partial charge in [-0.3, -0.25) is 9.59 Å². The van der Waals surface area contributed by atoms with Crippen LogP contribution < -0.4 is 4.90 Å². The number of thioether (sulfide) groups is 1. The van der Waals surface area contributed by atoms with E-state index >= 15 is 0 Å². The topological polar surface area (TPSA) is 101 Å². The van der Waals surface area contributed by atoms with Gasteiger partial charge >= 0.3 is 5.97 Å². The second kappa shape index (κ2) is 7.66. The zero-order chi connectivity index (χ0) is 21.5. The van der Waals surface area contributed by atoms with E-state index in [1.165, 1.54) is 17.3 Å². The summed E-state index contributed by atoms with van der Waals surface area (Å²) in [4.78, 5) is 30.6. The van der Waals surface area contributed by atoms with Crippen molar-refractivity contribution >= 4 is 51.4 Å². The molecular weight excluding hydrogens is 414 g/mol. The van der Waals surface area contributed by atoms with E-state index in [4.69, 9.17) is 0 Å². The van der Waals surface area contributed by atoms with E-state index in [1.54, 1.807) is 9.47 Å². The molecule has 2 aromatic heterocycles. The number of carbonyl (C=O) groups is 2. The van der Waals surface area contributed by atoms with Gasteiger partial charge in [0.15, 0.2) is 5.65 Å². The fourth-order valence-electron chi connectivity index (χ4n) is 4.01. The zero-order valence-corrected chi connectivity index (χ0v) is 17.6. The van der Waals surface area contributed by atoms with E-state index < -0.39 is 5.97 Å². The molecule has 31 heavy (non-hydrogen) atoms. The molecular formula is C22H19N5O3S. The van der Waals surface area contributed by atoms with E-state index in [0.717, 1.165) is 28.6 Å². The van der Waals surface area contributed by atoms with Crippen molar-refractivity contribution in [3.05, 3.63) is 53.6 Å². The highest BCUT2D eigenvalue weighted by Crippen LogP contribution is 2.30. The molecule has 0 bridgehead atoms. The fraction of sp³-hybridized carbons (Fsp3) is 0.227. The van der Waals surface area contributed by atoms with Crippen LogP contribution in [0.4, 0.5) is 5.69 Å². The number of aryl methyl sites for hydroxylation is 1. The maximum absolute atomic E-state index is 12.8. The summed E-state index contributed by atoms with van der Waals surface area (Å²) in [5.74, 6) is -0.796. The third-order valence-electron chi connectivity index (χ3n) is 5.41. The second-order valence-electron chi connectivity index (χ2n) is 7.48. The number of aliphatic carboxylic acids is 1. The predicted octanol–water partition coefficient (Wildman–Crippen LogP) is 3.05. The molecule has 1 amide bonds. The number of carboxylic acid groups (broad SMARTS) is 1. The lowest BCUT2D eigenvalue weighted by Gasteiger charge is -2.16. The Kier molecular flexibility index (Phi) is 4.82. The highest BCUT2D eigenvalue weighted by atomic mass is 32.2. The highest BCUT2D eigenvalue weighted by molar-refractivity contribution is 7.99. The van der Waals surface area contributed by atoms with Crippen LogP contribution in [0.1, 0.15) is 11.1 Å². The molecule has 1 aliphatic rings. The molecule has 5 rings (SSSR count). The molecule has 8 nitrogen and oxygen atoms in total. The Morgan fingerprint density at radius 2 is 2.00 bits per heavy atom. The number of carboxylic acids is 1. The summed E-state index contributed by atoms with van der Waals surface area (Å²) in [6.07, 6.45) is 0.852. The molecule has 1 N–H and O–H groups in total. The Morgan fingerprint density at radius 1 is 1.16 bits per heavy atom.